The van der Waals surface area contributed by atoms with E-state index in [1.165, 1.54) is 0 Å². The first-order valence-corrected chi connectivity index (χ1v) is 5.71. The monoisotopic (exact) mass is 286 g/mol. The summed E-state index contributed by atoms with van der Waals surface area (Å²) in [7, 11) is 0. The quantitative estimate of drug-likeness (QED) is 0.793. The summed E-state index contributed by atoms with van der Waals surface area (Å²) in [4.78, 5) is 15.4. The largest absolute Gasteiger partial charge is 0.466 e. The van der Waals surface area contributed by atoms with E-state index in [2.05, 4.69) is 20.9 Å². The van der Waals surface area contributed by atoms with E-state index < -0.39 is 0 Å². The number of nitrogens with zero attached hydrogens (tertiary/aromatic N) is 2. The molecule has 0 unspecified atom stereocenters. The maximum atomic E-state index is 11.3. The van der Waals surface area contributed by atoms with Gasteiger partial charge in [0, 0.05) is 0 Å². The highest BCUT2D eigenvalue weighted by molar-refractivity contribution is 9.11. The molecule has 1 aromatic heterocycles. The molecule has 0 bridgehead atoms. The Hall–Kier alpha value is -1.30. The van der Waals surface area contributed by atoms with Crippen LogP contribution in [-0.2, 0) is 22.5 Å². The van der Waals surface area contributed by atoms with E-state index in [0.717, 1.165) is 10.2 Å². The normalized spacial score (nSPS) is 13.8. The minimum absolute atomic E-state index is 0.213. The van der Waals surface area contributed by atoms with Crippen LogP contribution in [0.15, 0.2) is 16.9 Å². The molecule has 0 N–H and O–H groups in total. The molecule has 0 aromatic carbocycles. The molecule has 0 atom stereocenters. The zero-order valence-corrected chi connectivity index (χ0v) is 10.4. The third-order valence-corrected chi connectivity index (χ3v) is 2.57. The fourth-order valence-electron chi connectivity index (χ4n) is 1.46. The zero-order chi connectivity index (χ0) is 11.5. The Morgan fingerprint density at radius 1 is 1.75 bits per heavy atom. The molecule has 0 amide bonds. The average molecular weight is 287 g/mol. The lowest BCUT2D eigenvalue weighted by Gasteiger charge is -2.14. The smallest absolute Gasteiger partial charge is 0.311 e. The molecule has 2 heterocycles. The zero-order valence-electron chi connectivity index (χ0n) is 8.77. The Bertz CT molecular complexity index is 439. The van der Waals surface area contributed by atoms with Crippen molar-refractivity contribution in [3.05, 3.63) is 22.6 Å². The van der Waals surface area contributed by atoms with Crippen LogP contribution >= 0.6 is 15.9 Å². The molecular weight excluding hydrogens is 276 g/mol. The number of hydrogen-bond acceptors (Lipinski definition) is 4. The van der Waals surface area contributed by atoms with Crippen molar-refractivity contribution in [2.75, 3.05) is 6.61 Å². The molecule has 1 aliphatic rings. The van der Waals surface area contributed by atoms with E-state index >= 15 is 0 Å². The number of hydrogen-bond donors (Lipinski definition) is 0. The van der Waals surface area contributed by atoms with Gasteiger partial charge in [-0.3, -0.25) is 9.36 Å². The van der Waals surface area contributed by atoms with Crippen molar-refractivity contribution in [2.45, 2.75) is 19.9 Å². The number of allylic oxidation sites excluding steroid dienone is 1. The van der Waals surface area contributed by atoms with Crippen LogP contribution in [-0.4, -0.2) is 22.1 Å². The van der Waals surface area contributed by atoms with Gasteiger partial charge in [-0.2, -0.15) is 0 Å². The van der Waals surface area contributed by atoms with E-state index in [9.17, 15) is 4.79 Å². The molecule has 0 saturated heterocycles. The highest BCUT2D eigenvalue weighted by Gasteiger charge is 2.18. The Kier molecular flexibility index (Phi) is 3.28. The van der Waals surface area contributed by atoms with Gasteiger partial charge in [0.2, 0.25) is 0 Å². The van der Waals surface area contributed by atoms with Crippen LogP contribution in [0.2, 0.25) is 0 Å². The number of rotatable bonds is 3. The molecule has 0 spiro atoms. The maximum Gasteiger partial charge on any atom is 0.311 e. The first-order valence-electron chi connectivity index (χ1n) is 4.92. The number of fused-ring (bicyclic) bond motifs is 1. The molecule has 1 aromatic rings. The Labute approximate surface area is 101 Å². The maximum absolute atomic E-state index is 11.3. The van der Waals surface area contributed by atoms with Crippen molar-refractivity contribution in [1.29, 1.82) is 0 Å². The molecule has 2 rings (SSSR count). The highest BCUT2D eigenvalue weighted by atomic mass is 79.9. The molecule has 0 aliphatic carbocycles. The number of carbonyl (C=O) groups excluding carboxylic acids is 1. The van der Waals surface area contributed by atoms with Gasteiger partial charge in [0.15, 0.2) is 0 Å². The summed E-state index contributed by atoms with van der Waals surface area (Å²) in [6.45, 7) is 2.80. The van der Waals surface area contributed by atoms with Crippen LogP contribution < -0.4 is 4.74 Å². The summed E-state index contributed by atoms with van der Waals surface area (Å²) < 4.78 is 12.9. The number of imidazole rings is 1. The molecule has 6 heteroatoms. The van der Waals surface area contributed by atoms with E-state index in [4.69, 9.17) is 9.47 Å². The van der Waals surface area contributed by atoms with Crippen LogP contribution in [0.25, 0.3) is 0 Å². The van der Waals surface area contributed by atoms with Crippen molar-refractivity contribution in [3.8, 4) is 6.01 Å². The predicted molar refractivity (Wildman–Crippen MR) is 60.2 cm³/mol. The summed E-state index contributed by atoms with van der Waals surface area (Å²) in [5.74, 6) is -0.254. The van der Waals surface area contributed by atoms with Gasteiger partial charge >= 0.3 is 12.0 Å². The summed E-state index contributed by atoms with van der Waals surface area (Å²) >= 11 is 3.35. The van der Waals surface area contributed by atoms with Gasteiger partial charge in [-0.05, 0) is 6.92 Å². The van der Waals surface area contributed by atoms with Crippen LogP contribution in [0.1, 0.15) is 12.6 Å². The van der Waals surface area contributed by atoms with Crippen molar-refractivity contribution in [1.82, 2.24) is 9.55 Å². The molecule has 5 nitrogen and oxygen atoms in total. The van der Waals surface area contributed by atoms with Crippen molar-refractivity contribution in [2.24, 2.45) is 0 Å². The van der Waals surface area contributed by atoms with Gasteiger partial charge in [-0.25, -0.2) is 4.98 Å². The molecule has 16 heavy (non-hydrogen) atoms. The summed E-state index contributed by atoms with van der Waals surface area (Å²) in [5, 5.41) is 0. The van der Waals surface area contributed by atoms with Crippen LogP contribution in [0.5, 0.6) is 6.01 Å². The molecule has 0 saturated carbocycles. The van der Waals surface area contributed by atoms with E-state index in [0.29, 0.717) is 19.2 Å². The van der Waals surface area contributed by atoms with Gasteiger partial charge in [0.1, 0.15) is 6.26 Å². The minimum Gasteiger partial charge on any atom is -0.466 e. The molecule has 1 aliphatic heterocycles. The Morgan fingerprint density at radius 2 is 2.56 bits per heavy atom. The van der Waals surface area contributed by atoms with Crippen molar-refractivity contribution in [3.63, 3.8) is 0 Å². The van der Waals surface area contributed by atoms with Gasteiger partial charge in [-0.1, -0.05) is 15.9 Å². The van der Waals surface area contributed by atoms with Crippen molar-refractivity contribution < 1.29 is 14.3 Å². The molecule has 0 fully saturated rings. The van der Waals surface area contributed by atoms with Crippen LogP contribution in [0.3, 0.4) is 0 Å². The second kappa shape index (κ2) is 4.69. The number of halogens is 1. The van der Waals surface area contributed by atoms with E-state index in [1.54, 1.807) is 19.4 Å². The predicted octanol–water partition coefficient (Wildman–Crippen LogP) is 1.62. The number of esters is 1. The molecule has 86 valence electrons. The second-order valence-electron chi connectivity index (χ2n) is 3.28. The minimum atomic E-state index is -0.254. The van der Waals surface area contributed by atoms with E-state index in [-0.39, 0.29) is 12.4 Å². The van der Waals surface area contributed by atoms with Crippen LogP contribution in [0.4, 0.5) is 0 Å². The first kappa shape index (κ1) is 11.2. The van der Waals surface area contributed by atoms with Gasteiger partial charge in [0.25, 0.3) is 0 Å². The fourth-order valence-corrected chi connectivity index (χ4v) is 1.81. The van der Waals surface area contributed by atoms with Gasteiger partial charge in [0.05, 0.1) is 35.9 Å². The lowest BCUT2D eigenvalue weighted by molar-refractivity contribution is -0.142. The number of aromatic nitrogens is 2. The van der Waals surface area contributed by atoms with E-state index in [1.807, 2.05) is 4.57 Å². The summed E-state index contributed by atoms with van der Waals surface area (Å²) in [5.41, 5.74) is 0.790. The standard InChI is InChI=1S/C10H11BrN2O3/c1-2-15-9(14)3-8-4-12-10-13(8)5-7(11)6-16-10/h4,6H,2-3,5H2,1H3. The summed E-state index contributed by atoms with van der Waals surface area (Å²) in [6, 6.07) is 0.502. The fraction of sp³-hybridized carbons (Fsp3) is 0.400. The Morgan fingerprint density at radius 3 is 3.31 bits per heavy atom. The Balaban J connectivity index is 2.13. The van der Waals surface area contributed by atoms with Gasteiger partial charge in [-0.15, -0.1) is 0 Å². The number of ether oxygens (including phenoxy) is 2. The molecular formula is C10H11BrN2O3. The lowest BCUT2D eigenvalue weighted by Crippen LogP contribution is -2.14. The first-order chi connectivity index (χ1) is 7.70. The third-order valence-electron chi connectivity index (χ3n) is 2.13. The van der Waals surface area contributed by atoms with Gasteiger partial charge < -0.3 is 9.47 Å². The van der Waals surface area contributed by atoms with Crippen molar-refractivity contribution >= 4 is 21.9 Å². The average Bonchev–Trinajstić information content (AvgIpc) is 2.61. The third kappa shape index (κ3) is 2.27. The topological polar surface area (TPSA) is 53.3 Å². The summed E-state index contributed by atoms with van der Waals surface area (Å²) in [6.07, 6.45) is 3.44. The number of carbonyl (C=O) groups is 1. The SMILES string of the molecule is CCOC(=O)Cc1cnc2n1CC(Br)=CO2. The second-order valence-corrected chi connectivity index (χ2v) is 4.30. The van der Waals surface area contributed by atoms with Crippen LogP contribution in [0, 0.1) is 0 Å². The lowest BCUT2D eigenvalue weighted by atomic mass is 10.3. The molecule has 0 radical (unpaired) electrons. The highest BCUT2D eigenvalue weighted by Crippen LogP contribution is 2.23.